The van der Waals surface area contributed by atoms with Gasteiger partial charge in [-0.05, 0) is 55.8 Å². The largest absolute Gasteiger partial charge is 0.491 e. The molecule has 0 aliphatic heterocycles. The maximum atomic E-state index is 12.5. The van der Waals surface area contributed by atoms with E-state index in [9.17, 15) is 13.2 Å². The molecule has 0 radical (unpaired) electrons. The Hall–Kier alpha value is -3.58. The highest BCUT2D eigenvalue weighted by Crippen LogP contribution is 2.19. The van der Waals surface area contributed by atoms with Crippen LogP contribution in [-0.2, 0) is 16.6 Å². The minimum Gasteiger partial charge on any atom is -0.491 e. The van der Waals surface area contributed by atoms with E-state index in [4.69, 9.17) is 4.74 Å². The lowest BCUT2D eigenvalue weighted by Gasteiger charge is -2.14. The van der Waals surface area contributed by atoms with E-state index in [1.807, 2.05) is 68.4 Å². The van der Waals surface area contributed by atoms with Crippen molar-refractivity contribution in [3.63, 3.8) is 0 Å². The molecule has 1 amide bonds. The number of carbonyl (C=O) groups excluding carboxylic acids is 1. The van der Waals surface area contributed by atoms with E-state index in [0.29, 0.717) is 17.8 Å². The lowest BCUT2D eigenvalue weighted by Crippen LogP contribution is -2.23. The maximum absolute atomic E-state index is 12.5. The van der Waals surface area contributed by atoms with Crippen LogP contribution in [0.4, 0.5) is 5.69 Å². The van der Waals surface area contributed by atoms with Gasteiger partial charge in [0.25, 0.3) is 15.9 Å². The molecule has 6 nitrogen and oxygen atoms in total. The Morgan fingerprint density at radius 1 is 0.938 bits per heavy atom. The monoisotopic (exact) mass is 450 g/mol. The van der Waals surface area contributed by atoms with Crippen molar-refractivity contribution in [2.45, 2.75) is 26.5 Å². The number of amides is 1. The molecule has 0 spiro atoms. The number of hydrogen-bond acceptors (Lipinski definition) is 4. The van der Waals surface area contributed by atoms with Crippen LogP contribution in [0.2, 0.25) is 0 Å². The molecule has 0 saturated heterocycles. The van der Waals surface area contributed by atoms with Gasteiger partial charge in [-0.3, -0.25) is 9.52 Å². The third-order valence-electron chi connectivity index (χ3n) is 4.42. The van der Waals surface area contributed by atoms with Gasteiger partial charge in [0.1, 0.15) is 5.75 Å². The molecule has 2 N–H and O–H groups in total. The molecule has 3 rings (SSSR count). The number of benzene rings is 3. The van der Waals surface area contributed by atoms with Gasteiger partial charge in [0.15, 0.2) is 0 Å². The van der Waals surface area contributed by atoms with Crippen LogP contribution in [0.5, 0.6) is 5.75 Å². The fraction of sp³-hybridized carbons (Fsp3) is 0.160. The molecule has 0 aliphatic carbocycles. The molecule has 0 aromatic heterocycles. The van der Waals surface area contributed by atoms with Crippen molar-refractivity contribution in [3.8, 4) is 5.75 Å². The van der Waals surface area contributed by atoms with Crippen molar-refractivity contribution in [1.82, 2.24) is 5.32 Å². The third kappa shape index (κ3) is 6.99. The standard InChI is InChI=1S/C25H26N2O4S/c1-19(2)31-24-11-7-6-10-22(24)18-26-25(28)21-12-14-23(15-13-21)27-32(29,30)17-16-20-8-4-3-5-9-20/h3-17,19,27H,18H2,1-2H3,(H,26,28). The van der Waals surface area contributed by atoms with Gasteiger partial charge >= 0.3 is 0 Å². The van der Waals surface area contributed by atoms with Gasteiger partial charge in [0.05, 0.1) is 11.5 Å². The first-order chi connectivity index (χ1) is 15.3. The van der Waals surface area contributed by atoms with Gasteiger partial charge in [-0.25, -0.2) is 8.42 Å². The SMILES string of the molecule is CC(C)Oc1ccccc1CNC(=O)c1ccc(NS(=O)(=O)C=Cc2ccccc2)cc1. The van der Waals surface area contributed by atoms with Crippen LogP contribution in [0.1, 0.15) is 35.3 Å². The summed E-state index contributed by atoms with van der Waals surface area (Å²) < 4.78 is 32.8. The molecule has 3 aromatic carbocycles. The summed E-state index contributed by atoms with van der Waals surface area (Å²) in [7, 11) is -3.67. The van der Waals surface area contributed by atoms with E-state index < -0.39 is 10.0 Å². The van der Waals surface area contributed by atoms with Crippen LogP contribution in [0, 0.1) is 0 Å². The summed E-state index contributed by atoms with van der Waals surface area (Å²) in [5, 5.41) is 3.98. The molecule has 166 valence electrons. The number of rotatable bonds is 9. The smallest absolute Gasteiger partial charge is 0.255 e. The molecule has 0 saturated carbocycles. The molecule has 0 aliphatic rings. The summed E-state index contributed by atoms with van der Waals surface area (Å²) in [6, 6.07) is 23.0. The molecule has 7 heteroatoms. The number of ether oxygens (including phenoxy) is 1. The van der Waals surface area contributed by atoms with Crippen LogP contribution >= 0.6 is 0 Å². The van der Waals surface area contributed by atoms with E-state index in [1.165, 1.54) is 6.08 Å². The lowest BCUT2D eigenvalue weighted by atomic mass is 10.1. The summed E-state index contributed by atoms with van der Waals surface area (Å²) >= 11 is 0. The van der Waals surface area contributed by atoms with Gasteiger partial charge in [0.2, 0.25) is 0 Å². The molecule has 0 unspecified atom stereocenters. The summed E-state index contributed by atoms with van der Waals surface area (Å²) in [6.45, 7) is 4.21. The van der Waals surface area contributed by atoms with Gasteiger partial charge < -0.3 is 10.1 Å². The Morgan fingerprint density at radius 2 is 1.59 bits per heavy atom. The second-order valence-corrected chi connectivity index (χ2v) is 8.96. The van der Waals surface area contributed by atoms with Crippen LogP contribution in [0.25, 0.3) is 6.08 Å². The average Bonchev–Trinajstić information content (AvgIpc) is 2.77. The van der Waals surface area contributed by atoms with Crippen LogP contribution < -0.4 is 14.8 Å². The first kappa shape index (κ1) is 23.1. The maximum Gasteiger partial charge on any atom is 0.255 e. The van der Waals surface area contributed by atoms with Gasteiger partial charge in [-0.15, -0.1) is 0 Å². The normalized spacial score (nSPS) is 11.5. The predicted octanol–water partition coefficient (Wildman–Crippen LogP) is 4.82. The fourth-order valence-electron chi connectivity index (χ4n) is 2.92. The first-order valence-corrected chi connectivity index (χ1v) is 11.8. The minimum atomic E-state index is -3.67. The number of hydrogen-bond donors (Lipinski definition) is 2. The van der Waals surface area contributed by atoms with E-state index in [-0.39, 0.29) is 12.0 Å². The number of nitrogens with one attached hydrogen (secondary N) is 2. The number of sulfonamides is 1. The Labute approximate surface area is 189 Å². The number of anilines is 1. The van der Waals surface area contributed by atoms with Crippen LogP contribution in [-0.4, -0.2) is 20.4 Å². The molecule has 0 fully saturated rings. The molecule has 3 aromatic rings. The molecule has 0 atom stereocenters. The Balaban J connectivity index is 1.59. The Bertz CT molecular complexity index is 1170. The predicted molar refractivity (Wildman–Crippen MR) is 128 cm³/mol. The molecular formula is C25H26N2O4S. The van der Waals surface area contributed by atoms with Crippen molar-refractivity contribution >= 4 is 27.7 Å². The van der Waals surface area contributed by atoms with Crippen molar-refractivity contribution in [2.24, 2.45) is 0 Å². The highest BCUT2D eigenvalue weighted by Gasteiger charge is 2.10. The fourth-order valence-corrected chi connectivity index (χ4v) is 3.79. The topological polar surface area (TPSA) is 84.5 Å². The van der Waals surface area contributed by atoms with Crippen LogP contribution in [0.15, 0.2) is 84.3 Å². The van der Waals surface area contributed by atoms with Crippen molar-refractivity contribution in [2.75, 3.05) is 4.72 Å². The Kier molecular flexibility index (Phi) is 7.68. The third-order valence-corrected chi connectivity index (χ3v) is 5.44. The van der Waals surface area contributed by atoms with E-state index in [1.54, 1.807) is 24.3 Å². The number of carbonyl (C=O) groups is 1. The highest BCUT2D eigenvalue weighted by atomic mass is 32.2. The first-order valence-electron chi connectivity index (χ1n) is 10.2. The quantitative estimate of drug-likeness (QED) is 0.490. The highest BCUT2D eigenvalue weighted by molar-refractivity contribution is 7.95. The zero-order valence-electron chi connectivity index (χ0n) is 18.0. The summed E-state index contributed by atoms with van der Waals surface area (Å²) in [5.41, 5.74) is 2.46. The van der Waals surface area contributed by atoms with E-state index in [2.05, 4.69) is 10.0 Å². The zero-order valence-corrected chi connectivity index (χ0v) is 18.8. The van der Waals surface area contributed by atoms with Gasteiger partial charge in [0, 0.05) is 23.4 Å². The second-order valence-electron chi connectivity index (χ2n) is 7.39. The van der Waals surface area contributed by atoms with E-state index in [0.717, 1.165) is 22.3 Å². The second kappa shape index (κ2) is 10.6. The van der Waals surface area contributed by atoms with Gasteiger partial charge in [-0.2, -0.15) is 0 Å². The Morgan fingerprint density at radius 3 is 2.28 bits per heavy atom. The van der Waals surface area contributed by atoms with E-state index >= 15 is 0 Å². The molecular weight excluding hydrogens is 424 g/mol. The molecule has 32 heavy (non-hydrogen) atoms. The summed E-state index contributed by atoms with van der Waals surface area (Å²) in [4.78, 5) is 12.5. The molecule has 0 heterocycles. The average molecular weight is 451 g/mol. The zero-order chi connectivity index (χ0) is 23.0. The molecule has 0 bridgehead atoms. The van der Waals surface area contributed by atoms with Crippen molar-refractivity contribution in [3.05, 3.63) is 101 Å². The van der Waals surface area contributed by atoms with Crippen molar-refractivity contribution < 1.29 is 17.9 Å². The lowest BCUT2D eigenvalue weighted by molar-refractivity contribution is 0.0950. The minimum absolute atomic E-state index is 0.0331. The summed E-state index contributed by atoms with van der Waals surface area (Å²) in [5.74, 6) is 0.471. The number of para-hydroxylation sites is 1. The summed E-state index contributed by atoms with van der Waals surface area (Å²) in [6.07, 6.45) is 1.55. The van der Waals surface area contributed by atoms with Crippen molar-refractivity contribution in [1.29, 1.82) is 0 Å². The van der Waals surface area contributed by atoms with Gasteiger partial charge in [-0.1, -0.05) is 48.5 Å². The van der Waals surface area contributed by atoms with Crippen LogP contribution in [0.3, 0.4) is 0 Å².